The second-order valence-corrected chi connectivity index (χ2v) is 9.92. The molecule has 1 aliphatic heterocycles. The van der Waals surface area contributed by atoms with Gasteiger partial charge in [-0.1, -0.05) is 55.0 Å². The van der Waals surface area contributed by atoms with Crippen molar-refractivity contribution in [2.75, 3.05) is 0 Å². The summed E-state index contributed by atoms with van der Waals surface area (Å²) in [4.78, 5) is 11.5. The number of halogens is 1. The third-order valence-corrected chi connectivity index (χ3v) is 8.26. The number of carboxylic acids is 1. The Morgan fingerprint density at radius 3 is 2.64 bits per heavy atom. The number of ether oxygens (including phenoxy) is 1. The fraction of sp³-hybridized carbons (Fsp3) is 0.464. The summed E-state index contributed by atoms with van der Waals surface area (Å²) in [7, 11) is 0. The van der Waals surface area contributed by atoms with Gasteiger partial charge in [0.15, 0.2) is 0 Å². The molecule has 0 aromatic heterocycles. The van der Waals surface area contributed by atoms with E-state index in [1.165, 1.54) is 0 Å². The molecule has 1 unspecified atom stereocenters. The lowest BCUT2D eigenvalue weighted by Crippen LogP contribution is -2.44. The zero-order chi connectivity index (χ0) is 23.2. The first kappa shape index (κ1) is 22.1. The van der Waals surface area contributed by atoms with E-state index in [0.29, 0.717) is 11.3 Å². The van der Waals surface area contributed by atoms with Crippen LogP contribution in [0.25, 0.3) is 0 Å². The fourth-order valence-corrected chi connectivity index (χ4v) is 6.16. The number of benzene rings is 2. The molecule has 2 saturated carbocycles. The van der Waals surface area contributed by atoms with Gasteiger partial charge in [-0.2, -0.15) is 0 Å². The van der Waals surface area contributed by atoms with Crippen molar-refractivity contribution in [3.63, 3.8) is 0 Å². The summed E-state index contributed by atoms with van der Waals surface area (Å²) < 4.78 is 21.4. The van der Waals surface area contributed by atoms with E-state index < -0.39 is 18.2 Å². The van der Waals surface area contributed by atoms with Gasteiger partial charge in [0.1, 0.15) is 18.0 Å². The van der Waals surface area contributed by atoms with Crippen molar-refractivity contribution >= 4 is 5.97 Å². The second kappa shape index (κ2) is 8.60. The van der Waals surface area contributed by atoms with Crippen LogP contribution < -0.4 is 4.74 Å². The zero-order valence-corrected chi connectivity index (χ0v) is 18.9. The van der Waals surface area contributed by atoms with E-state index in [1.54, 1.807) is 13.0 Å². The fourth-order valence-electron chi connectivity index (χ4n) is 6.16. The monoisotopic (exact) mass is 450 g/mol. The largest absolute Gasteiger partial charge is 0.489 e. The Morgan fingerprint density at radius 2 is 1.97 bits per heavy atom. The molecule has 2 fully saturated rings. The number of alkyl halides is 1. The number of allylic oxidation sites excluding steroid dienone is 1. The SMILES string of the molecule is Cc1c(C(=O)O)ccc2c1O[C@H]1C[C@@H](F)[C@H](/C=C/C(O)C3(c4ccccc4)CCC3)[C@H]1CC2. The molecule has 0 radical (unpaired) electrons. The van der Waals surface area contributed by atoms with Gasteiger partial charge >= 0.3 is 5.97 Å². The Labute approximate surface area is 194 Å². The predicted octanol–water partition coefficient (Wildman–Crippen LogP) is 5.40. The van der Waals surface area contributed by atoms with Crippen LogP contribution in [-0.2, 0) is 11.8 Å². The summed E-state index contributed by atoms with van der Waals surface area (Å²) in [6.07, 6.45) is 6.47. The van der Waals surface area contributed by atoms with Gasteiger partial charge in [-0.3, -0.25) is 0 Å². The molecule has 5 rings (SSSR count). The van der Waals surface area contributed by atoms with Crippen molar-refractivity contribution in [3.05, 3.63) is 76.9 Å². The maximum Gasteiger partial charge on any atom is 0.336 e. The minimum absolute atomic E-state index is 0.00223. The van der Waals surface area contributed by atoms with Gasteiger partial charge in [0.25, 0.3) is 0 Å². The van der Waals surface area contributed by atoms with E-state index in [4.69, 9.17) is 4.74 Å². The Hall–Kier alpha value is -2.66. The normalized spacial score (nSPS) is 28.8. The van der Waals surface area contributed by atoms with E-state index in [1.807, 2.05) is 36.4 Å². The molecule has 0 spiro atoms. The maximum absolute atomic E-state index is 15.2. The minimum Gasteiger partial charge on any atom is -0.489 e. The van der Waals surface area contributed by atoms with Gasteiger partial charge in [-0.25, -0.2) is 9.18 Å². The number of carbonyl (C=O) groups is 1. The van der Waals surface area contributed by atoms with Crippen molar-refractivity contribution < 1.29 is 24.1 Å². The molecule has 0 amide bonds. The topological polar surface area (TPSA) is 66.8 Å². The van der Waals surface area contributed by atoms with Crippen LogP contribution >= 0.6 is 0 Å². The first-order valence-electron chi connectivity index (χ1n) is 12.0. The summed E-state index contributed by atoms with van der Waals surface area (Å²) in [6.45, 7) is 1.76. The average molecular weight is 451 g/mol. The van der Waals surface area contributed by atoms with Gasteiger partial charge in [0.2, 0.25) is 0 Å². The highest BCUT2D eigenvalue weighted by atomic mass is 19.1. The minimum atomic E-state index is -1.04. The first-order valence-corrected chi connectivity index (χ1v) is 12.0. The molecule has 4 nitrogen and oxygen atoms in total. The molecule has 2 N–H and O–H groups in total. The third kappa shape index (κ3) is 3.76. The lowest BCUT2D eigenvalue weighted by atomic mass is 9.61. The quantitative estimate of drug-likeness (QED) is 0.599. The smallest absolute Gasteiger partial charge is 0.336 e. The maximum atomic E-state index is 15.2. The van der Waals surface area contributed by atoms with Crippen LogP contribution in [0.2, 0.25) is 0 Å². The van der Waals surface area contributed by atoms with Gasteiger partial charge in [0, 0.05) is 29.2 Å². The number of carboxylic acid groups (broad SMARTS) is 1. The highest BCUT2D eigenvalue weighted by molar-refractivity contribution is 5.90. The van der Waals surface area contributed by atoms with Gasteiger partial charge in [0.05, 0.1) is 11.7 Å². The number of aliphatic hydroxyl groups excluding tert-OH is 1. The molecular weight excluding hydrogens is 419 g/mol. The number of aromatic carboxylic acids is 1. The molecule has 174 valence electrons. The molecule has 5 heteroatoms. The summed E-state index contributed by atoms with van der Waals surface area (Å²) >= 11 is 0. The molecular formula is C28H31FO4. The first-order chi connectivity index (χ1) is 15.9. The summed E-state index contributed by atoms with van der Waals surface area (Å²) in [6, 6.07) is 13.6. The molecule has 2 aromatic rings. The lowest BCUT2D eigenvalue weighted by Gasteiger charge is -2.45. The van der Waals surface area contributed by atoms with Crippen molar-refractivity contribution in [2.45, 2.75) is 69.2 Å². The summed E-state index contributed by atoms with van der Waals surface area (Å²) in [5, 5.41) is 20.6. The highest BCUT2D eigenvalue weighted by Gasteiger charge is 2.47. The number of fused-ring (bicyclic) bond motifs is 2. The Balaban J connectivity index is 1.36. The zero-order valence-electron chi connectivity index (χ0n) is 18.9. The van der Waals surface area contributed by atoms with Crippen molar-refractivity contribution in [2.24, 2.45) is 11.8 Å². The van der Waals surface area contributed by atoms with E-state index in [0.717, 1.165) is 43.2 Å². The third-order valence-electron chi connectivity index (χ3n) is 8.26. The summed E-state index contributed by atoms with van der Waals surface area (Å²) in [5.41, 5.74) is 2.70. The van der Waals surface area contributed by atoms with Crippen molar-refractivity contribution in [3.8, 4) is 5.75 Å². The number of hydrogen-bond acceptors (Lipinski definition) is 3. The van der Waals surface area contributed by atoms with E-state index >= 15 is 4.39 Å². The van der Waals surface area contributed by atoms with Gasteiger partial charge < -0.3 is 14.9 Å². The van der Waals surface area contributed by atoms with Crippen LogP contribution in [0, 0.1) is 18.8 Å². The molecule has 33 heavy (non-hydrogen) atoms. The number of aryl methyl sites for hydroxylation is 1. The number of rotatable bonds is 5. The predicted molar refractivity (Wildman–Crippen MR) is 124 cm³/mol. The van der Waals surface area contributed by atoms with Gasteiger partial charge in [-0.05, 0) is 49.8 Å². The average Bonchev–Trinajstić information content (AvgIpc) is 2.93. The highest BCUT2D eigenvalue weighted by Crippen LogP contribution is 2.48. The lowest BCUT2D eigenvalue weighted by molar-refractivity contribution is 0.0619. The molecule has 0 saturated heterocycles. The van der Waals surface area contributed by atoms with Crippen LogP contribution in [0.5, 0.6) is 5.75 Å². The molecule has 3 aliphatic rings. The van der Waals surface area contributed by atoms with E-state index in [-0.39, 0.29) is 35.3 Å². The van der Waals surface area contributed by atoms with E-state index in [9.17, 15) is 15.0 Å². The standard InChI is InChI=1S/C28H31FO4/c1-17-20(27(31)32)10-8-18-9-11-22-21(23(29)16-24(22)33-26(17)18)12-13-25(30)28(14-5-15-28)19-6-3-2-4-7-19/h2-4,6-8,10,12-13,21-25,30H,5,9,11,14-16H2,1H3,(H,31,32)/b13-12+/t21-,22-,23-,24+,25?/m1/s1. The second-order valence-electron chi connectivity index (χ2n) is 9.92. The summed E-state index contributed by atoms with van der Waals surface area (Å²) in [5.74, 6) is -0.687. The Bertz CT molecular complexity index is 1060. The Morgan fingerprint density at radius 1 is 1.21 bits per heavy atom. The van der Waals surface area contributed by atoms with Crippen LogP contribution in [0.3, 0.4) is 0 Å². The van der Waals surface area contributed by atoms with Crippen molar-refractivity contribution in [1.82, 2.24) is 0 Å². The van der Waals surface area contributed by atoms with E-state index in [2.05, 4.69) is 12.1 Å². The van der Waals surface area contributed by atoms with Crippen molar-refractivity contribution in [1.29, 1.82) is 0 Å². The molecule has 2 aromatic carbocycles. The van der Waals surface area contributed by atoms with Crippen LogP contribution in [0.15, 0.2) is 54.6 Å². The molecule has 1 heterocycles. The van der Waals surface area contributed by atoms with Crippen LogP contribution in [-0.4, -0.2) is 34.6 Å². The number of hydrogen-bond donors (Lipinski definition) is 2. The van der Waals surface area contributed by atoms with Crippen LogP contribution in [0.4, 0.5) is 4.39 Å². The van der Waals surface area contributed by atoms with Crippen LogP contribution in [0.1, 0.15) is 59.2 Å². The molecule has 0 bridgehead atoms. The number of aliphatic hydroxyl groups is 1. The molecule has 2 aliphatic carbocycles. The Kier molecular flexibility index (Phi) is 5.77. The van der Waals surface area contributed by atoms with Gasteiger partial charge in [-0.15, -0.1) is 0 Å². The molecule has 5 atom stereocenters.